The molecule has 5 rings (SSSR count). The second-order valence-electron chi connectivity index (χ2n) is 9.29. The number of aromatic nitrogens is 1. The second kappa shape index (κ2) is 9.71. The third-order valence-corrected chi connectivity index (χ3v) is 7.38. The van der Waals surface area contributed by atoms with Gasteiger partial charge in [0.05, 0.1) is 15.8 Å². The van der Waals surface area contributed by atoms with Crippen molar-refractivity contribution in [3.8, 4) is 0 Å². The van der Waals surface area contributed by atoms with Crippen molar-refractivity contribution in [3.63, 3.8) is 0 Å². The van der Waals surface area contributed by atoms with Crippen molar-refractivity contribution in [1.29, 1.82) is 0 Å². The summed E-state index contributed by atoms with van der Waals surface area (Å²) in [6.07, 6.45) is 1.86. The summed E-state index contributed by atoms with van der Waals surface area (Å²) in [6.45, 7) is 5.57. The number of allylic oxidation sites excluding steroid dienone is 1. The molecule has 0 fully saturated rings. The molecule has 1 N–H and O–H groups in total. The van der Waals surface area contributed by atoms with E-state index in [1.165, 1.54) is 11.3 Å². The van der Waals surface area contributed by atoms with Gasteiger partial charge in [-0.3, -0.25) is 14.2 Å². The van der Waals surface area contributed by atoms with E-state index in [1.54, 1.807) is 11.5 Å². The van der Waals surface area contributed by atoms with Crippen LogP contribution in [0.1, 0.15) is 35.6 Å². The molecule has 1 amide bonds. The fraction of sp³-hybridized carbons (Fsp3) is 0.207. The Morgan fingerprint density at radius 1 is 1.05 bits per heavy atom. The highest BCUT2D eigenvalue weighted by Crippen LogP contribution is 2.32. The maximum absolute atomic E-state index is 13.7. The minimum absolute atomic E-state index is 0.215. The average Bonchev–Trinajstić information content (AvgIpc) is 3.42. The maximum atomic E-state index is 13.7. The van der Waals surface area contributed by atoms with Gasteiger partial charge in [-0.2, -0.15) is 0 Å². The predicted octanol–water partition coefficient (Wildman–Crippen LogP) is 4.15. The van der Waals surface area contributed by atoms with E-state index in [0.717, 1.165) is 16.8 Å². The fourth-order valence-corrected chi connectivity index (χ4v) is 5.45. The Hall–Kier alpha value is -4.17. The fourth-order valence-electron chi connectivity index (χ4n) is 4.40. The summed E-state index contributed by atoms with van der Waals surface area (Å²) < 4.78 is 8.09. The minimum atomic E-state index is -0.729. The van der Waals surface area contributed by atoms with E-state index in [-0.39, 0.29) is 11.5 Å². The van der Waals surface area contributed by atoms with Crippen molar-refractivity contribution in [2.45, 2.75) is 26.8 Å². The van der Waals surface area contributed by atoms with Gasteiger partial charge in [0.1, 0.15) is 17.6 Å². The Balaban J connectivity index is 1.63. The van der Waals surface area contributed by atoms with Crippen molar-refractivity contribution >= 4 is 34.7 Å². The van der Waals surface area contributed by atoms with Crippen LogP contribution in [0.5, 0.6) is 0 Å². The summed E-state index contributed by atoms with van der Waals surface area (Å²) in [7, 11) is 3.97. The largest absolute Gasteiger partial charge is 0.464 e. The third kappa shape index (κ3) is 4.68. The molecule has 1 aliphatic heterocycles. The van der Waals surface area contributed by atoms with Crippen molar-refractivity contribution < 1.29 is 9.21 Å². The zero-order chi connectivity index (χ0) is 26.3. The van der Waals surface area contributed by atoms with Crippen LogP contribution in [0.25, 0.3) is 6.08 Å². The number of carbonyl (C=O) groups is 1. The number of aryl methyl sites for hydroxylation is 2. The molecule has 0 aliphatic carbocycles. The van der Waals surface area contributed by atoms with Crippen LogP contribution in [0, 0.1) is 13.8 Å². The van der Waals surface area contributed by atoms with Gasteiger partial charge in [-0.15, -0.1) is 0 Å². The first-order valence-corrected chi connectivity index (χ1v) is 12.8. The summed E-state index contributed by atoms with van der Waals surface area (Å²) in [5.74, 6) is 0.902. The van der Waals surface area contributed by atoms with Gasteiger partial charge in [0.2, 0.25) is 0 Å². The van der Waals surface area contributed by atoms with Crippen LogP contribution in [0.4, 0.5) is 11.4 Å². The van der Waals surface area contributed by atoms with Crippen LogP contribution >= 0.6 is 11.3 Å². The normalized spacial score (nSPS) is 15.4. The van der Waals surface area contributed by atoms with E-state index >= 15 is 0 Å². The van der Waals surface area contributed by atoms with Gasteiger partial charge in [0.15, 0.2) is 4.80 Å². The molecule has 188 valence electrons. The SMILES string of the molecule is CC1=C(C(=O)Nc2ccccc2C)C(c2ccc(C)o2)n2c(sc(=Cc3ccc(N(C)C)cc3)c2=O)=N1. The number of thiazole rings is 1. The molecule has 0 radical (unpaired) electrons. The molecule has 3 heterocycles. The molecule has 7 nitrogen and oxygen atoms in total. The van der Waals surface area contributed by atoms with E-state index in [2.05, 4.69) is 10.3 Å². The summed E-state index contributed by atoms with van der Waals surface area (Å²) in [5, 5.41) is 3.01. The van der Waals surface area contributed by atoms with Crippen LogP contribution in [-0.4, -0.2) is 24.6 Å². The molecule has 0 saturated heterocycles. The first-order valence-electron chi connectivity index (χ1n) is 12.0. The number of hydrogen-bond donors (Lipinski definition) is 1. The molecule has 0 bridgehead atoms. The molecule has 0 saturated carbocycles. The number of benzene rings is 2. The summed E-state index contributed by atoms with van der Waals surface area (Å²) in [5.41, 5.74) is 4.35. The quantitative estimate of drug-likeness (QED) is 0.436. The molecule has 37 heavy (non-hydrogen) atoms. The lowest BCUT2D eigenvalue weighted by molar-refractivity contribution is -0.113. The second-order valence-corrected chi connectivity index (χ2v) is 10.3. The lowest BCUT2D eigenvalue weighted by Crippen LogP contribution is -2.40. The van der Waals surface area contributed by atoms with E-state index in [4.69, 9.17) is 4.42 Å². The van der Waals surface area contributed by atoms with E-state index in [9.17, 15) is 9.59 Å². The molecule has 4 aromatic rings. The number of amides is 1. The van der Waals surface area contributed by atoms with E-state index in [0.29, 0.717) is 37.8 Å². The van der Waals surface area contributed by atoms with Gasteiger partial charge in [0.25, 0.3) is 11.5 Å². The first kappa shape index (κ1) is 24.5. The van der Waals surface area contributed by atoms with Gasteiger partial charge in [-0.05, 0) is 68.3 Å². The molecule has 2 aromatic heterocycles. The lowest BCUT2D eigenvalue weighted by atomic mass is 10.00. The number of fused-ring (bicyclic) bond motifs is 1. The average molecular weight is 513 g/mol. The molecule has 1 atom stereocenters. The number of para-hydroxylation sites is 1. The van der Waals surface area contributed by atoms with Gasteiger partial charge < -0.3 is 14.6 Å². The summed E-state index contributed by atoms with van der Waals surface area (Å²) >= 11 is 1.31. The Morgan fingerprint density at radius 2 is 1.78 bits per heavy atom. The zero-order valence-electron chi connectivity index (χ0n) is 21.4. The molecule has 1 unspecified atom stereocenters. The molecule has 1 aliphatic rings. The Kier molecular flexibility index (Phi) is 6.43. The standard InChI is InChI=1S/C29H28N4O3S/c1-17-8-6-7-9-22(17)31-27(34)25-19(3)30-29-33(26(25)23-15-10-18(2)36-23)28(35)24(37-29)16-20-11-13-21(14-12-20)32(4)5/h6-16,26H,1-5H3,(H,31,34). The van der Waals surface area contributed by atoms with Crippen LogP contribution < -0.4 is 25.1 Å². The summed E-state index contributed by atoms with van der Waals surface area (Å²) in [4.78, 5) is 34.6. The van der Waals surface area contributed by atoms with Crippen molar-refractivity contribution in [2.75, 3.05) is 24.3 Å². The van der Waals surface area contributed by atoms with Crippen molar-refractivity contribution in [3.05, 3.63) is 114 Å². The van der Waals surface area contributed by atoms with Gasteiger partial charge in [0, 0.05) is 25.5 Å². The van der Waals surface area contributed by atoms with E-state index in [1.807, 2.05) is 99.6 Å². The topological polar surface area (TPSA) is 79.8 Å². The molecular weight excluding hydrogens is 484 g/mol. The predicted molar refractivity (Wildman–Crippen MR) is 148 cm³/mol. The van der Waals surface area contributed by atoms with Gasteiger partial charge >= 0.3 is 0 Å². The highest BCUT2D eigenvalue weighted by Gasteiger charge is 2.34. The number of nitrogens with zero attached hydrogens (tertiary/aromatic N) is 3. The third-order valence-electron chi connectivity index (χ3n) is 6.40. The number of rotatable bonds is 5. The van der Waals surface area contributed by atoms with Gasteiger partial charge in [-0.1, -0.05) is 41.7 Å². The Bertz CT molecular complexity index is 1700. The Morgan fingerprint density at radius 3 is 2.43 bits per heavy atom. The molecule has 2 aromatic carbocycles. The summed E-state index contributed by atoms with van der Waals surface area (Å²) in [6, 6.07) is 18.5. The zero-order valence-corrected chi connectivity index (χ0v) is 22.2. The first-order chi connectivity index (χ1) is 17.7. The number of nitrogens with one attached hydrogen (secondary N) is 1. The maximum Gasteiger partial charge on any atom is 0.271 e. The molecular formula is C29H28N4O3S. The highest BCUT2D eigenvalue weighted by atomic mass is 32.1. The smallest absolute Gasteiger partial charge is 0.271 e. The van der Waals surface area contributed by atoms with Crippen LogP contribution in [0.3, 0.4) is 0 Å². The minimum Gasteiger partial charge on any atom is -0.464 e. The molecule has 0 spiro atoms. The lowest BCUT2D eigenvalue weighted by Gasteiger charge is -2.23. The van der Waals surface area contributed by atoms with Crippen LogP contribution in [0.2, 0.25) is 0 Å². The number of furan rings is 1. The van der Waals surface area contributed by atoms with Gasteiger partial charge in [-0.25, -0.2) is 4.99 Å². The van der Waals surface area contributed by atoms with Crippen molar-refractivity contribution in [2.24, 2.45) is 4.99 Å². The monoisotopic (exact) mass is 512 g/mol. The van der Waals surface area contributed by atoms with E-state index < -0.39 is 6.04 Å². The highest BCUT2D eigenvalue weighted by molar-refractivity contribution is 7.07. The van der Waals surface area contributed by atoms with Crippen molar-refractivity contribution in [1.82, 2.24) is 4.57 Å². The Labute approximate surface area is 218 Å². The number of carbonyl (C=O) groups excluding carboxylic acids is 1. The van der Waals surface area contributed by atoms with Crippen LogP contribution in [0.15, 0.2) is 86.1 Å². The number of hydrogen-bond acceptors (Lipinski definition) is 6. The number of anilines is 2. The van der Waals surface area contributed by atoms with Crippen LogP contribution in [-0.2, 0) is 4.79 Å². The molecule has 8 heteroatoms.